The molecular formula is C8H9NO3. The highest BCUT2D eigenvalue weighted by Gasteiger charge is 2.04. The highest BCUT2D eigenvalue weighted by Crippen LogP contribution is 2.22. The summed E-state index contributed by atoms with van der Waals surface area (Å²) in [5.41, 5.74) is 0.854. The summed E-state index contributed by atoms with van der Waals surface area (Å²) < 4.78 is 0. The lowest BCUT2D eigenvalue weighted by molar-refractivity contribution is 0.275. The molecule has 2 N–H and O–H groups in total. The van der Waals surface area contributed by atoms with Crippen LogP contribution in [0.2, 0.25) is 0 Å². The molecule has 0 amide bonds. The van der Waals surface area contributed by atoms with Crippen LogP contribution in [0.1, 0.15) is 11.1 Å². The van der Waals surface area contributed by atoms with E-state index in [4.69, 9.17) is 5.11 Å². The van der Waals surface area contributed by atoms with Crippen molar-refractivity contribution in [2.45, 2.75) is 13.2 Å². The number of aliphatic hydroxyl groups is 1. The van der Waals surface area contributed by atoms with E-state index in [1.807, 2.05) is 0 Å². The van der Waals surface area contributed by atoms with E-state index in [-0.39, 0.29) is 18.9 Å². The van der Waals surface area contributed by atoms with E-state index >= 15 is 0 Å². The lowest BCUT2D eigenvalue weighted by atomic mass is 10.1. The first kappa shape index (κ1) is 8.67. The number of phenols is 1. The molecule has 4 nitrogen and oxygen atoms in total. The van der Waals surface area contributed by atoms with Crippen molar-refractivity contribution in [3.05, 3.63) is 34.2 Å². The van der Waals surface area contributed by atoms with Gasteiger partial charge in [0.15, 0.2) is 0 Å². The lowest BCUT2D eigenvalue weighted by Gasteiger charge is -2.03. The quantitative estimate of drug-likeness (QED) is 0.663. The van der Waals surface area contributed by atoms with E-state index in [2.05, 4.69) is 5.18 Å². The number of benzene rings is 1. The molecule has 0 aromatic heterocycles. The average molecular weight is 167 g/mol. The largest absolute Gasteiger partial charge is 0.507 e. The third-order valence-electron chi connectivity index (χ3n) is 1.61. The van der Waals surface area contributed by atoms with Gasteiger partial charge >= 0.3 is 0 Å². The van der Waals surface area contributed by atoms with Gasteiger partial charge in [-0.3, -0.25) is 0 Å². The first-order chi connectivity index (χ1) is 5.79. The van der Waals surface area contributed by atoms with Gasteiger partial charge in [-0.15, -0.1) is 0 Å². The molecule has 1 aromatic carbocycles. The van der Waals surface area contributed by atoms with Crippen LogP contribution in [-0.4, -0.2) is 10.2 Å². The van der Waals surface area contributed by atoms with Gasteiger partial charge in [0.25, 0.3) is 0 Å². The van der Waals surface area contributed by atoms with Crippen molar-refractivity contribution in [3.63, 3.8) is 0 Å². The number of aromatic hydroxyl groups is 1. The van der Waals surface area contributed by atoms with Gasteiger partial charge in [0.1, 0.15) is 12.3 Å². The highest BCUT2D eigenvalue weighted by molar-refractivity contribution is 5.39. The zero-order chi connectivity index (χ0) is 8.97. The number of nitrogens with zero attached hydrogens (tertiary/aromatic N) is 1. The van der Waals surface area contributed by atoms with Crippen molar-refractivity contribution in [2.24, 2.45) is 5.18 Å². The molecule has 0 fully saturated rings. The number of rotatable bonds is 3. The molecule has 64 valence electrons. The fourth-order valence-corrected chi connectivity index (χ4v) is 0.969. The SMILES string of the molecule is O=NCc1cccc(CO)c1O. The minimum atomic E-state index is -0.238. The highest BCUT2D eigenvalue weighted by atomic mass is 16.3. The molecule has 4 heteroatoms. The number of aliphatic hydroxyl groups excluding tert-OH is 1. The number of nitroso groups, excluding NO2 is 1. The van der Waals surface area contributed by atoms with Crippen molar-refractivity contribution in [1.29, 1.82) is 0 Å². The Balaban J connectivity index is 3.04. The third-order valence-corrected chi connectivity index (χ3v) is 1.61. The average Bonchev–Trinajstić information content (AvgIpc) is 2.09. The van der Waals surface area contributed by atoms with Crippen LogP contribution in [0, 0.1) is 4.91 Å². The van der Waals surface area contributed by atoms with Crippen LogP contribution >= 0.6 is 0 Å². The van der Waals surface area contributed by atoms with E-state index in [1.54, 1.807) is 18.2 Å². The van der Waals surface area contributed by atoms with Crippen molar-refractivity contribution in [3.8, 4) is 5.75 Å². The number of hydrogen-bond donors (Lipinski definition) is 2. The summed E-state index contributed by atoms with van der Waals surface area (Å²) in [4.78, 5) is 9.90. The number of para-hydroxylation sites is 1. The Morgan fingerprint density at radius 3 is 2.58 bits per heavy atom. The van der Waals surface area contributed by atoms with Crippen LogP contribution in [0.3, 0.4) is 0 Å². The zero-order valence-corrected chi connectivity index (χ0v) is 6.40. The standard InChI is InChI=1S/C8H9NO3/c10-5-7-3-1-2-6(4-9-12)8(7)11/h1-3,10-11H,4-5H2. The number of hydrogen-bond acceptors (Lipinski definition) is 4. The summed E-state index contributed by atoms with van der Waals surface area (Å²) in [7, 11) is 0. The monoisotopic (exact) mass is 167 g/mol. The van der Waals surface area contributed by atoms with Gasteiger partial charge in [-0.2, -0.15) is 4.91 Å². The van der Waals surface area contributed by atoms with Gasteiger partial charge in [-0.1, -0.05) is 23.4 Å². The topological polar surface area (TPSA) is 69.9 Å². The molecule has 0 spiro atoms. The normalized spacial score (nSPS) is 9.75. The predicted octanol–water partition coefficient (Wildman–Crippen LogP) is 1.15. The van der Waals surface area contributed by atoms with Gasteiger partial charge < -0.3 is 10.2 Å². The van der Waals surface area contributed by atoms with E-state index in [0.717, 1.165) is 0 Å². The molecule has 12 heavy (non-hydrogen) atoms. The molecular weight excluding hydrogens is 158 g/mol. The minimum Gasteiger partial charge on any atom is -0.507 e. The van der Waals surface area contributed by atoms with Gasteiger partial charge in [0.05, 0.1) is 6.61 Å². The fraction of sp³-hybridized carbons (Fsp3) is 0.250. The molecule has 0 aliphatic rings. The Morgan fingerprint density at radius 1 is 1.33 bits per heavy atom. The fourth-order valence-electron chi connectivity index (χ4n) is 0.969. The van der Waals surface area contributed by atoms with E-state index in [0.29, 0.717) is 11.1 Å². The van der Waals surface area contributed by atoms with Crippen molar-refractivity contribution < 1.29 is 10.2 Å². The van der Waals surface area contributed by atoms with Crippen LogP contribution in [0.5, 0.6) is 5.75 Å². The van der Waals surface area contributed by atoms with Crippen LogP contribution in [0.25, 0.3) is 0 Å². The Labute approximate surface area is 69.4 Å². The summed E-state index contributed by atoms with van der Waals surface area (Å²) >= 11 is 0. The smallest absolute Gasteiger partial charge is 0.126 e. The molecule has 0 atom stereocenters. The summed E-state index contributed by atoms with van der Waals surface area (Å²) in [6.07, 6.45) is 0. The van der Waals surface area contributed by atoms with Crippen molar-refractivity contribution in [1.82, 2.24) is 0 Å². The molecule has 1 rings (SSSR count). The second-order valence-electron chi connectivity index (χ2n) is 2.37. The second-order valence-corrected chi connectivity index (χ2v) is 2.37. The van der Waals surface area contributed by atoms with E-state index in [9.17, 15) is 10.0 Å². The zero-order valence-electron chi connectivity index (χ0n) is 6.40. The van der Waals surface area contributed by atoms with E-state index < -0.39 is 0 Å². The summed E-state index contributed by atoms with van der Waals surface area (Å²) in [5, 5.41) is 20.8. The summed E-state index contributed by atoms with van der Waals surface area (Å²) in [6, 6.07) is 4.84. The van der Waals surface area contributed by atoms with Gasteiger partial charge in [-0.05, 0) is 0 Å². The molecule has 0 radical (unpaired) electrons. The third kappa shape index (κ3) is 1.60. The predicted molar refractivity (Wildman–Crippen MR) is 43.5 cm³/mol. The molecule has 0 saturated carbocycles. The molecule has 0 aliphatic carbocycles. The molecule has 0 heterocycles. The van der Waals surface area contributed by atoms with Crippen LogP contribution in [0.4, 0.5) is 0 Å². The Kier molecular flexibility index (Phi) is 2.76. The van der Waals surface area contributed by atoms with Crippen LogP contribution < -0.4 is 0 Å². The Morgan fingerprint density at radius 2 is 2.00 bits per heavy atom. The summed E-state index contributed by atoms with van der Waals surface area (Å²) in [5.74, 6) is -0.0420. The maximum atomic E-state index is 9.90. The Bertz CT molecular complexity index is 286. The molecule has 0 saturated heterocycles. The maximum absolute atomic E-state index is 9.90. The minimum absolute atomic E-state index is 0.0420. The first-order valence-electron chi connectivity index (χ1n) is 3.49. The second kappa shape index (κ2) is 3.82. The van der Waals surface area contributed by atoms with Gasteiger partial charge in [0.2, 0.25) is 0 Å². The van der Waals surface area contributed by atoms with Crippen molar-refractivity contribution >= 4 is 0 Å². The first-order valence-corrected chi connectivity index (χ1v) is 3.49. The Hall–Kier alpha value is -1.42. The van der Waals surface area contributed by atoms with Crippen LogP contribution in [0.15, 0.2) is 23.4 Å². The van der Waals surface area contributed by atoms with Gasteiger partial charge in [0, 0.05) is 11.1 Å². The summed E-state index contributed by atoms with van der Waals surface area (Å²) in [6.45, 7) is -0.307. The van der Waals surface area contributed by atoms with Gasteiger partial charge in [-0.25, -0.2) is 0 Å². The maximum Gasteiger partial charge on any atom is 0.126 e. The van der Waals surface area contributed by atoms with Crippen LogP contribution in [-0.2, 0) is 13.2 Å². The van der Waals surface area contributed by atoms with Crippen molar-refractivity contribution in [2.75, 3.05) is 0 Å². The van der Waals surface area contributed by atoms with E-state index in [1.165, 1.54) is 0 Å². The lowest BCUT2D eigenvalue weighted by Crippen LogP contribution is -1.89. The molecule has 0 unspecified atom stereocenters. The molecule has 0 bridgehead atoms. The molecule has 1 aromatic rings. The molecule has 0 aliphatic heterocycles.